The van der Waals surface area contributed by atoms with E-state index in [1.807, 2.05) is 32.2 Å². The van der Waals surface area contributed by atoms with Gasteiger partial charge < -0.3 is 14.8 Å². The number of hydrogen-bond donors (Lipinski definition) is 2. The average molecular weight is 280 g/mol. The fourth-order valence-electron chi connectivity index (χ4n) is 1.74. The van der Waals surface area contributed by atoms with Crippen LogP contribution < -0.4 is 5.32 Å². The van der Waals surface area contributed by atoms with E-state index >= 15 is 0 Å². The van der Waals surface area contributed by atoms with Gasteiger partial charge >= 0.3 is 0 Å². The van der Waals surface area contributed by atoms with Gasteiger partial charge in [0.05, 0.1) is 6.10 Å². The minimum Gasteiger partial charge on any atom is -0.459 e. The molecule has 1 unspecified atom stereocenters. The van der Waals surface area contributed by atoms with Gasteiger partial charge in [0.2, 0.25) is 0 Å². The Bertz CT molecular complexity index is 507. The molecule has 2 rings (SSSR count). The van der Waals surface area contributed by atoms with E-state index in [0.29, 0.717) is 0 Å². The van der Waals surface area contributed by atoms with Gasteiger partial charge in [-0.25, -0.2) is 4.98 Å². The van der Waals surface area contributed by atoms with Crippen LogP contribution in [0.1, 0.15) is 30.4 Å². The summed E-state index contributed by atoms with van der Waals surface area (Å²) in [5.41, 5.74) is 0. The Kier molecular flexibility index (Phi) is 5.13. The fourth-order valence-corrected chi connectivity index (χ4v) is 2.58. The van der Waals surface area contributed by atoms with Crippen molar-refractivity contribution in [3.05, 3.63) is 29.0 Å². The van der Waals surface area contributed by atoms with Gasteiger partial charge in [0.15, 0.2) is 10.8 Å². The van der Waals surface area contributed by atoms with E-state index in [0.717, 1.165) is 42.5 Å². The van der Waals surface area contributed by atoms with Crippen LogP contribution in [-0.2, 0) is 6.54 Å². The highest BCUT2D eigenvalue weighted by molar-refractivity contribution is 7.14. The molecule has 0 spiro atoms. The van der Waals surface area contributed by atoms with Crippen molar-refractivity contribution in [2.75, 3.05) is 6.54 Å². The monoisotopic (exact) mass is 280 g/mol. The van der Waals surface area contributed by atoms with Gasteiger partial charge in [0.1, 0.15) is 5.76 Å². The molecule has 0 aliphatic rings. The van der Waals surface area contributed by atoms with Crippen LogP contribution in [0.2, 0.25) is 0 Å². The van der Waals surface area contributed by atoms with E-state index in [-0.39, 0.29) is 6.10 Å². The van der Waals surface area contributed by atoms with Gasteiger partial charge in [-0.3, -0.25) is 0 Å². The second kappa shape index (κ2) is 6.84. The Morgan fingerprint density at radius 1 is 1.47 bits per heavy atom. The SMILES string of the molecule is CCC(O)CCNCc1cnc(-c2ccc(C)o2)s1. The fraction of sp³-hybridized carbons (Fsp3) is 0.500. The first kappa shape index (κ1) is 14.2. The first-order valence-electron chi connectivity index (χ1n) is 6.59. The summed E-state index contributed by atoms with van der Waals surface area (Å²) >= 11 is 1.63. The standard InChI is InChI=1S/C14H20N2O2S/c1-3-11(17)6-7-15-8-12-9-16-14(19-12)13-5-4-10(2)18-13/h4-5,9,11,15,17H,3,6-8H2,1-2H3. The van der Waals surface area contributed by atoms with Crippen LogP contribution in [0.5, 0.6) is 0 Å². The van der Waals surface area contributed by atoms with Crippen LogP contribution in [0.4, 0.5) is 0 Å². The molecule has 2 N–H and O–H groups in total. The Morgan fingerprint density at radius 2 is 2.32 bits per heavy atom. The molecule has 4 nitrogen and oxygen atoms in total. The molecule has 0 aliphatic carbocycles. The Hall–Kier alpha value is -1.17. The normalized spacial score (nSPS) is 12.8. The Morgan fingerprint density at radius 3 is 3.00 bits per heavy atom. The smallest absolute Gasteiger partial charge is 0.162 e. The zero-order chi connectivity index (χ0) is 13.7. The van der Waals surface area contributed by atoms with Crippen molar-refractivity contribution in [2.45, 2.75) is 39.3 Å². The largest absolute Gasteiger partial charge is 0.459 e. The van der Waals surface area contributed by atoms with Crippen molar-refractivity contribution in [1.29, 1.82) is 0 Å². The van der Waals surface area contributed by atoms with Crippen LogP contribution in [0.3, 0.4) is 0 Å². The molecule has 0 saturated heterocycles. The molecule has 2 heterocycles. The highest BCUT2D eigenvalue weighted by atomic mass is 32.1. The van der Waals surface area contributed by atoms with Gasteiger partial charge in [-0.15, -0.1) is 11.3 Å². The predicted octanol–water partition coefficient (Wildman–Crippen LogP) is 2.96. The number of nitrogens with zero attached hydrogens (tertiary/aromatic N) is 1. The van der Waals surface area contributed by atoms with E-state index < -0.39 is 0 Å². The van der Waals surface area contributed by atoms with Crippen molar-refractivity contribution in [2.24, 2.45) is 0 Å². The maximum Gasteiger partial charge on any atom is 0.162 e. The van der Waals surface area contributed by atoms with Crippen molar-refractivity contribution in [3.63, 3.8) is 0 Å². The lowest BCUT2D eigenvalue weighted by molar-refractivity contribution is 0.160. The summed E-state index contributed by atoms with van der Waals surface area (Å²) in [4.78, 5) is 5.54. The molecule has 2 aromatic rings. The summed E-state index contributed by atoms with van der Waals surface area (Å²) in [6.07, 6.45) is 3.28. The summed E-state index contributed by atoms with van der Waals surface area (Å²) in [6, 6.07) is 3.89. The third kappa shape index (κ3) is 4.16. The predicted molar refractivity (Wildman–Crippen MR) is 77.2 cm³/mol. The Labute approximate surface area is 117 Å². The number of thiazole rings is 1. The Balaban J connectivity index is 1.81. The second-order valence-corrected chi connectivity index (χ2v) is 5.68. The highest BCUT2D eigenvalue weighted by Gasteiger charge is 2.08. The maximum atomic E-state index is 9.45. The van der Waals surface area contributed by atoms with Crippen molar-refractivity contribution in [1.82, 2.24) is 10.3 Å². The molecule has 19 heavy (non-hydrogen) atoms. The first-order chi connectivity index (χ1) is 9.19. The molecular formula is C14H20N2O2S. The average Bonchev–Trinajstić information content (AvgIpc) is 3.03. The zero-order valence-electron chi connectivity index (χ0n) is 11.3. The molecule has 0 radical (unpaired) electrons. The number of furan rings is 1. The molecule has 0 amide bonds. The highest BCUT2D eigenvalue weighted by Crippen LogP contribution is 2.26. The third-order valence-electron chi connectivity index (χ3n) is 2.93. The minimum absolute atomic E-state index is 0.199. The lowest BCUT2D eigenvalue weighted by Gasteiger charge is -2.07. The van der Waals surface area contributed by atoms with E-state index in [2.05, 4.69) is 10.3 Å². The van der Waals surface area contributed by atoms with Gasteiger partial charge in [-0.2, -0.15) is 0 Å². The number of aryl methyl sites for hydroxylation is 1. The van der Waals surface area contributed by atoms with Crippen LogP contribution in [-0.4, -0.2) is 22.7 Å². The van der Waals surface area contributed by atoms with Crippen LogP contribution in [0.25, 0.3) is 10.8 Å². The quantitative estimate of drug-likeness (QED) is 0.766. The lowest BCUT2D eigenvalue weighted by Crippen LogP contribution is -2.19. The van der Waals surface area contributed by atoms with E-state index in [4.69, 9.17) is 4.42 Å². The molecular weight excluding hydrogens is 260 g/mol. The van der Waals surface area contributed by atoms with E-state index in [1.165, 1.54) is 4.88 Å². The van der Waals surface area contributed by atoms with Crippen molar-refractivity contribution >= 4 is 11.3 Å². The van der Waals surface area contributed by atoms with E-state index in [1.54, 1.807) is 11.3 Å². The number of aliphatic hydroxyl groups excluding tert-OH is 1. The molecule has 104 valence electrons. The molecule has 0 saturated carbocycles. The summed E-state index contributed by atoms with van der Waals surface area (Å²) in [5, 5.41) is 13.7. The number of rotatable bonds is 7. The maximum absolute atomic E-state index is 9.45. The van der Waals surface area contributed by atoms with Crippen LogP contribution in [0, 0.1) is 6.92 Å². The molecule has 0 bridgehead atoms. The van der Waals surface area contributed by atoms with Gasteiger partial charge in [-0.1, -0.05) is 6.92 Å². The number of aromatic nitrogens is 1. The first-order valence-corrected chi connectivity index (χ1v) is 7.41. The number of hydrogen-bond acceptors (Lipinski definition) is 5. The summed E-state index contributed by atoms with van der Waals surface area (Å²) in [7, 11) is 0. The molecule has 5 heteroatoms. The van der Waals surface area contributed by atoms with Crippen molar-refractivity contribution in [3.8, 4) is 10.8 Å². The zero-order valence-corrected chi connectivity index (χ0v) is 12.2. The molecule has 0 aliphatic heterocycles. The molecule has 0 aromatic carbocycles. The minimum atomic E-state index is -0.199. The summed E-state index contributed by atoms with van der Waals surface area (Å²) in [6.45, 7) is 5.53. The van der Waals surface area contributed by atoms with Gasteiger partial charge in [0.25, 0.3) is 0 Å². The number of nitrogens with one attached hydrogen (secondary N) is 1. The second-order valence-electron chi connectivity index (χ2n) is 4.57. The third-order valence-corrected chi connectivity index (χ3v) is 3.94. The van der Waals surface area contributed by atoms with Crippen LogP contribution in [0.15, 0.2) is 22.7 Å². The molecule has 1 atom stereocenters. The van der Waals surface area contributed by atoms with Gasteiger partial charge in [-0.05, 0) is 38.4 Å². The summed E-state index contributed by atoms with van der Waals surface area (Å²) < 4.78 is 5.55. The van der Waals surface area contributed by atoms with E-state index in [9.17, 15) is 5.11 Å². The lowest BCUT2D eigenvalue weighted by atomic mass is 10.2. The van der Waals surface area contributed by atoms with Crippen LogP contribution >= 0.6 is 11.3 Å². The topological polar surface area (TPSA) is 58.3 Å². The molecule has 0 fully saturated rings. The van der Waals surface area contributed by atoms with Gasteiger partial charge in [0, 0.05) is 17.6 Å². The van der Waals surface area contributed by atoms with Crippen molar-refractivity contribution < 1.29 is 9.52 Å². The summed E-state index contributed by atoms with van der Waals surface area (Å²) in [5.74, 6) is 1.73. The number of aliphatic hydroxyl groups is 1. The molecule has 2 aromatic heterocycles.